The van der Waals surface area contributed by atoms with Crippen molar-refractivity contribution in [3.63, 3.8) is 0 Å². The molecule has 0 bridgehead atoms. The van der Waals surface area contributed by atoms with Crippen LogP contribution in [0, 0.1) is 17.8 Å². The Morgan fingerprint density at radius 2 is 1.96 bits per heavy atom. The molecule has 0 spiro atoms. The van der Waals surface area contributed by atoms with Gasteiger partial charge < -0.3 is 5.11 Å². The van der Waals surface area contributed by atoms with E-state index >= 15 is 0 Å². The molecule has 136 valence electrons. The van der Waals surface area contributed by atoms with Crippen molar-refractivity contribution in [3.05, 3.63) is 69.7 Å². The van der Waals surface area contributed by atoms with E-state index in [0.29, 0.717) is 22.6 Å². The molecule has 5 heteroatoms. The van der Waals surface area contributed by atoms with E-state index in [1.165, 1.54) is 19.1 Å². The molecule has 3 rings (SSSR count). The first-order valence-electron chi connectivity index (χ1n) is 8.40. The number of aliphatic hydroxyl groups excluding tert-OH is 1. The van der Waals surface area contributed by atoms with E-state index in [-0.39, 0.29) is 11.8 Å². The van der Waals surface area contributed by atoms with Gasteiger partial charge in [0.2, 0.25) is 0 Å². The Morgan fingerprint density at radius 1 is 1.23 bits per heavy atom. The van der Waals surface area contributed by atoms with Gasteiger partial charge in [0.25, 0.3) is 0 Å². The SMILES string of the molecule is CC(O)C#Cc1ccc(C(F)(F)F)cc1CC1CC1c1ccccc1Cl. The van der Waals surface area contributed by atoms with Gasteiger partial charge in [-0.3, -0.25) is 0 Å². The van der Waals surface area contributed by atoms with Crippen LogP contribution in [0.5, 0.6) is 0 Å². The van der Waals surface area contributed by atoms with E-state index in [1.807, 2.05) is 24.3 Å². The number of hydrogen-bond donors (Lipinski definition) is 1. The van der Waals surface area contributed by atoms with Crippen molar-refractivity contribution in [3.8, 4) is 11.8 Å². The van der Waals surface area contributed by atoms with E-state index in [1.54, 1.807) is 0 Å². The molecule has 1 N–H and O–H groups in total. The average molecular weight is 379 g/mol. The van der Waals surface area contributed by atoms with Crippen molar-refractivity contribution < 1.29 is 18.3 Å². The summed E-state index contributed by atoms with van der Waals surface area (Å²) in [7, 11) is 0. The maximum absolute atomic E-state index is 13.1. The van der Waals surface area contributed by atoms with Crippen LogP contribution in [0.1, 0.15) is 41.5 Å². The Kier molecular flexibility index (Phi) is 5.32. The highest BCUT2D eigenvalue weighted by Crippen LogP contribution is 2.51. The summed E-state index contributed by atoms with van der Waals surface area (Å²) < 4.78 is 39.2. The van der Waals surface area contributed by atoms with E-state index in [0.717, 1.165) is 18.1 Å². The van der Waals surface area contributed by atoms with Gasteiger partial charge in [-0.25, -0.2) is 0 Å². The Hall–Kier alpha value is -1.96. The Labute approximate surface area is 155 Å². The second-order valence-corrected chi connectivity index (χ2v) is 7.05. The monoisotopic (exact) mass is 378 g/mol. The van der Waals surface area contributed by atoms with Crippen LogP contribution in [-0.2, 0) is 12.6 Å². The summed E-state index contributed by atoms with van der Waals surface area (Å²) >= 11 is 6.23. The summed E-state index contributed by atoms with van der Waals surface area (Å²) in [4.78, 5) is 0. The second kappa shape index (κ2) is 7.34. The molecule has 2 aromatic rings. The number of benzene rings is 2. The van der Waals surface area contributed by atoms with Gasteiger partial charge in [0.05, 0.1) is 5.56 Å². The number of hydrogen-bond acceptors (Lipinski definition) is 1. The van der Waals surface area contributed by atoms with Gasteiger partial charge in [-0.05, 0) is 67.0 Å². The van der Waals surface area contributed by atoms with E-state index in [9.17, 15) is 18.3 Å². The van der Waals surface area contributed by atoms with Gasteiger partial charge in [0.1, 0.15) is 6.10 Å². The average Bonchev–Trinajstić information content (AvgIpc) is 3.32. The van der Waals surface area contributed by atoms with Gasteiger partial charge in [-0.2, -0.15) is 13.2 Å². The third-order valence-electron chi connectivity index (χ3n) is 4.56. The van der Waals surface area contributed by atoms with Crippen LogP contribution in [-0.4, -0.2) is 11.2 Å². The molecule has 1 nitrogen and oxygen atoms in total. The van der Waals surface area contributed by atoms with Crippen molar-refractivity contribution >= 4 is 11.6 Å². The number of alkyl halides is 3. The van der Waals surface area contributed by atoms with Crippen LogP contribution in [0.4, 0.5) is 13.2 Å². The van der Waals surface area contributed by atoms with Gasteiger partial charge >= 0.3 is 6.18 Å². The lowest BCUT2D eigenvalue weighted by molar-refractivity contribution is -0.137. The first-order valence-corrected chi connectivity index (χ1v) is 8.77. The van der Waals surface area contributed by atoms with Gasteiger partial charge in [-0.15, -0.1) is 0 Å². The Balaban J connectivity index is 1.86. The van der Waals surface area contributed by atoms with Crippen LogP contribution in [0.2, 0.25) is 5.02 Å². The molecule has 0 aliphatic heterocycles. The van der Waals surface area contributed by atoms with E-state index in [4.69, 9.17) is 11.6 Å². The molecule has 1 aliphatic carbocycles. The third kappa shape index (κ3) is 4.41. The van der Waals surface area contributed by atoms with E-state index < -0.39 is 17.8 Å². The molecule has 1 fully saturated rings. The lowest BCUT2D eigenvalue weighted by Gasteiger charge is -2.11. The lowest BCUT2D eigenvalue weighted by Crippen LogP contribution is -2.07. The largest absolute Gasteiger partial charge is 0.416 e. The van der Waals surface area contributed by atoms with Crippen LogP contribution >= 0.6 is 11.6 Å². The minimum atomic E-state index is -4.39. The summed E-state index contributed by atoms with van der Waals surface area (Å²) in [6, 6.07) is 11.2. The molecule has 1 aliphatic rings. The molecule has 2 aromatic carbocycles. The van der Waals surface area contributed by atoms with Crippen molar-refractivity contribution in [1.29, 1.82) is 0 Å². The second-order valence-electron chi connectivity index (χ2n) is 6.64. The van der Waals surface area contributed by atoms with Crippen molar-refractivity contribution in [2.45, 2.75) is 38.0 Å². The van der Waals surface area contributed by atoms with E-state index in [2.05, 4.69) is 11.8 Å². The van der Waals surface area contributed by atoms with Crippen LogP contribution < -0.4 is 0 Å². The van der Waals surface area contributed by atoms with Gasteiger partial charge in [0, 0.05) is 10.6 Å². The highest BCUT2D eigenvalue weighted by Gasteiger charge is 2.40. The maximum atomic E-state index is 13.1. The molecule has 0 heterocycles. The number of rotatable bonds is 3. The van der Waals surface area contributed by atoms with Crippen molar-refractivity contribution in [2.75, 3.05) is 0 Å². The molecule has 26 heavy (non-hydrogen) atoms. The fourth-order valence-electron chi connectivity index (χ4n) is 3.16. The standard InChI is InChI=1S/C21H18ClF3O/c1-13(26)6-7-14-8-9-17(21(23,24)25)11-15(14)10-16-12-19(16)18-4-2-3-5-20(18)22/h2-5,8-9,11,13,16,19,26H,10,12H2,1H3. The molecule has 1 saturated carbocycles. The van der Waals surface area contributed by atoms with Crippen molar-refractivity contribution in [1.82, 2.24) is 0 Å². The predicted octanol–water partition coefficient (Wildman–Crippen LogP) is 5.44. The summed E-state index contributed by atoms with van der Waals surface area (Å²) in [5, 5.41) is 10.0. The first-order chi connectivity index (χ1) is 12.3. The molecule has 3 unspecified atom stereocenters. The predicted molar refractivity (Wildman–Crippen MR) is 96.0 cm³/mol. The summed E-state index contributed by atoms with van der Waals surface area (Å²) in [6.45, 7) is 1.52. The molecule has 0 amide bonds. The molecule has 0 saturated heterocycles. The number of halogens is 4. The fraction of sp³-hybridized carbons (Fsp3) is 0.333. The molecule has 0 radical (unpaired) electrons. The normalized spacial score (nSPS) is 20.2. The zero-order valence-electron chi connectivity index (χ0n) is 14.1. The smallest absolute Gasteiger partial charge is 0.381 e. The summed E-state index contributed by atoms with van der Waals surface area (Å²) in [5.74, 6) is 5.91. The fourth-order valence-corrected chi connectivity index (χ4v) is 3.43. The van der Waals surface area contributed by atoms with Gasteiger partial charge in [0.15, 0.2) is 0 Å². The molecule has 3 atom stereocenters. The summed E-state index contributed by atoms with van der Waals surface area (Å²) in [5.41, 5.74) is 1.46. The van der Waals surface area contributed by atoms with Crippen LogP contribution in [0.25, 0.3) is 0 Å². The number of aliphatic hydroxyl groups is 1. The van der Waals surface area contributed by atoms with Crippen molar-refractivity contribution in [2.24, 2.45) is 5.92 Å². The molecular weight excluding hydrogens is 361 g/mol. The molecule has 0 aromatic heterocycles. The van der Waals surface area contributed by atoms with Crippen LogP contribution in [0.3, 0.4) is 0 Å². The highest BCUT2D eigenvalue weighted by atomic mass is 35.5. The Morgan fingerprint density at radius 3 is 2.62 bits per heavy atom. The topological polar surface area (TPSA) is 20.2 Å². The third-order valence-corrected chi connectivity index (χ3v) is 4.90. The zero-order valence-corrected chi connectivity index (χ0v) is 14.9. The quantitative estimate of drug-likeness (QED) is 0.705. The highest BCUT2D eigenvalue weighted by molar-refractivity contribution is 6.31. The van der Waals surface area contributed by atoms with Gasteiger partial charge in [-0.1, -0.05) is 41.6 Å². The Bertz CT molecular complexity index is 862. The lowest BCUT2D eigenvalue weighted by atomic mass is 9.97. The minimum absolute atomic E-state index is 0.241. The maximum Gasteiger partial charge on any atom is 0.416 e. The molecular formula is C21H18ClF3O. The minimum Gasteiger partial charge on any atom is -0.381 e. The first kappa shape index (κ1) is 18.8. The zero-order chi connectivity index (χ0) is 18.9. The van der Waals surface area contributed by atoms with Crippen LogP contribution in [0.15, 0.2) is 42.5 Å². The summed E-state index contributed by atoms with van der Waals surface area (Å²) in [6.07, 6.45) is -3.83.